The maximum atomic E-state index is 11.8. The molecule has 0 saturated carbocycles. The topological polar surface area (TPSA) is 41.1 Å². The number of rotatable bonds is 5. The number of hydrogen-bond donors (Lipinski definition) is 2. The number of nitrogens with one attached hydrogen (secondary N) is 2. The smallest absolute Gasteiger partial charge is 0.237 e. The maximum Gasteiger partial charge on any atom is 0.237 e. The van der Waals surface area contributed by atoms with Crippen molar-refractivity contribution >= 4 is 17.7 Å². The van der Waals surface area contributed by atoms with E-state index >= 15 is 0 Å². The van der Waals surface area contributed by atoms with Gasteiger partial charge in [-0.3, -0.25) is 4.79 Å². The van der Waals surface area contributed by atoms with E-state index in [9.17, 15) is 4.79 Å². The van der Waals surface area contributed by atoms with E-state index in [1.807, 2.05) is 18.2 Å². The summed E-state index contributed by atoms with van der Waals surface area (Å²) in [6.07, 6.45) is 3.31. The van der Waals surface area contributed by atoms with Crippen molar-refractivity contribution < 1.29 is 4.79 Å². The molecule has 0 radical (unpaired) electrons. The number of piperidine rings is 1. The van der Waals surface area contributed by atoms with Gasteiger partial charge in [-0.15, -0.1) is 11.8 Å². The Bertz CT molecular complexity index is 363. The van der Waals surface area contributed by atoms with Crippen LogP contribution in [0.4, 0.5) is 0 Å². The Labute approximate surface area is 113 Å². The van der Waals surface area contributed by atoms with Crippen LogP contribution >= 0.6 is 11.8 Å². The summed E-state index contributed by atoms with van der Waals surface area (Å²) < 4.78 is 0. The van der Waals surface area contributed by atoms with Gasteiger partial charge in [0, 0.05) is 17.2 Å². The van der Waals surface area contributed by atoms with Gasteiger partial charge in [0.25, 0.3) is 0 Å². The highest BCUT2D eigenvalue weighted by molar-refractivity contribution is 7.99. The fraction of sp³-hybridized carbons (Fsp3) is 0.500. The minimum Gasteiger partial charge on any atom is -0.354 e. The second-order valence-electron chi connectivity index (χ2n) is 4.46. The molecule has 18 heavy (non-hydrogen) atoms. The maximum absolute atomic E-state index is 11.8. The molecule has 1 amide bonds. The number of amides is 1. The molecule has 1 aliphatic heterocycles. The lowest BCUT2D eigenvalue weighted by Gasteiger charge is -2.22. The van der Waals surface area contributed by atoms with E-state index < -0.39 is 0 Å². The SMILES string of the molecule is O=C(NCCSc1ccccc1)C1CCCCN1. The van der Waals surface area contributed by atoms with Gasteiger partial charge >= 0.3 is 0 Å². The van der Waals surface area contributed by atoms with Crippen LogP contribution in [0.15, 0.2) is 35.2 Å². The summed E-state index contributed by atoms with van der Waals surface area (Å²) in [6.45, 7) is 1.70. The van der Waals surface area contributed by atoms with Gasteiger partial charge < -0.3 is 10.6 Å². The zero-order chi connectivity index (χ0) is 12.6. The lowest BCUT2D eigenvalue weighted by Crippen LogP contribution is -2.47. The summed E-state index contributed by atoms with van der Waals surface area (Å²) in [6, 6.07) is 10.3. The lowest BCUT2D eigenvalue weighted by atomic mass is 10.0. The average Bonchev–Trinajstić information content (AvgIpc) is 2.45. The van der Waals surface area contributed by atoms with E-state index in [1.54, 1.807) is 11.8 Å². The predicted octanol–water partition coefficient (Wildman–Crippen LogP) is 2.04. The Hall–Kier alpha value is -1.00. The first-order valence-electron chi connectivity index (χ1n) is 6.55. The zero-order valence-electron chi connectivity index (χ0n) is 10.5. The fourth-order valence-electron chi connectivity index (χ4n) is 2.06. The molecule has 1 aliphatic rings. The summed E-state index contributed by atoms with van der Waals surface area (Å²) in [5.74, 6) is 1.08. The van der Waals surface area contributed by atoms with Crippen molar-refractivity contribution in [1.29, 1.82) is 0 Å². The van der Waals surface area contributed by atoms with E-state index in [1.165, 1.54) is 11.3 Å². The Kier molecular flexibility index (Phi) is 5.55. The molecular formula is C14H20N2OS. The molecule has 3 nitrogen and oxygen atoms in total. The average molecular weight is 264 g/mol. The quantitative estimate of drug-likeness (QED) is 0.631. The summed E-state index contributed by atoms with van der Waals surface area (Å²) in [4.78, 5) is 13.1. The molecule has 1 saturated heterocycles. The van der Waals surface area contributed by atoms with Gasteiger partial charge in [0.2, 0.25) is 5.91 Å². The van der Waals surface area contributed by atoms with E-state index in [4.69, 9.17) is 0 Å². The molecule has 2 N–H and O–H groups in total. The molecule has 1 fully saturated rings. The highest BCUT2D eigenvalue weighted by Crippen LogP contribution is 2.15. The van der Waals surface area contributed by atoms with E-state index in [2.05, 4.69) is 22.8 Å². The highest BCUT2D eigenvalue weighted by atomic mass is 32.2. The van der Waals surface area contributed by atoms with Crippen LogP contribution in [0.3, 0.4) is 0 Å². The first-order chi connectivity index (χ1) is 8.86. The Morgan fingerprint density at radius 3 is 2.89 bits per heavy atom. The fourth-order valence-corrected chi connectivity index (χ4v) is 2.85. The Balaban J connectivity index is 1.61. The molecule has 2 rings (SSSR count). The second-order valence-corrected chi connectivity index (χ2v) is 5.62. The van der Waals surface area contributed by atoms with Crippen LogP contribution in [-0.4, -0.2) is 30.8 Å². The van der Waals surface area contributed by atoms with Crippen LogP contribution in [0.1, 0.15) is 19.3 Å². The predicted molar refractivity (Wildman–Crippen MR) is 75.8 cm³/mol. The van der Waals surface area contributed by atoms with Crippen molar-refractivity contribution in [2.45, 2.75) is 30.2 Å². The second kappa shape index (κ2) is 7.44. The number of thioether (sulfide) groups is 1. The van der Waals surface area contributed by atoms with Crippen LogP contribution in [0.5, 0.6) is 0 Å². The number of benzene rings is 1. The minimum absolute atomic E-state index is 0.0282. The molecule has 1 atom stereocenters. The number of carbonyl (C=O) groups is 1. The first kappa shape index (κ1) is 13.4. The summed E-state index contributed by atoms with van der Waals surface area (Å²) in [5, 5.41) is 6.26. The molecule has 1 heterocycles. The van der Waals surface area contributed by atoms with Crippen LogP contribution in [0, 0.1) is 0 Å². The largest absolute Gasteiger partial charge is 0.354 e. The molecule has 0 aromatic heterocycles. The molecule has 1 aromatic rings. The van der Waals surface area contributed by atoms with Crippen molar-refractivity contribution in [3.05, 3.63) is 30.3 Å². The highest BCUT2D eigenvalue weighted by Gasteiger charge is 2.19. The van der Waals surface area contributed by atoms with Crippen LogP contribution in [0.2, 0.25) is 0 Å². The standard InChI is InChI=1S/C14H20N2OS/c17-14(13-8-4-5-9-15-13)16-10-11-18-12-6-2-1-3-7-12/h1-3,6-7,13,15H,4-5,8-11H2,(H,16,17). The molecular weight excluding hydrogens is 244 g/mol. The van der Waals surface area contributed by atoms with Crippen LogP contribution < -0.4 is 10.6 Å². The molecule has 4 heteroatoms. The molecule has 0 spiro atoms. The van der Waals surface area contributed by atoms with Gasteiger partial charge in [-0.1, -0.05) is 24.6 Å². The van der Waals surface area contributed by atoms with Crippen LogP contribution in [-0.2, 0) is 4.79 Å². The van der Waals surface area contributed by atoms with Crippen molar-refractivity contribution in [2.24, 2.45) is 0 Å². The van der Waals surface area contributed by atoms with Crippen molar-refractivity contribution in [3.63, 3.8) is 0 Å². The van der Waals surface area contributed by atoms with Gasteiger partial charge in [-0.25, -0.2) is 0 Å². The Morgan fingerprint density at radius 2 is 2.17 bits per heavy atom. The molecule has 98 valence electrons. The Morgan fingerprint density at radius 1 is 1.33 bits per heavy atom. The van der Waals surface area contributed by atoms with Gasteiger partial charge in [0.05, 0.1) is 6.04 Å². The van der Waals surface area contributed by atoms with E-state index in [0.717, 1.165) is 31.7 Å². The number of hydrogen-bond acceptors (Lipinski definition) is 3. The monoisotopic (exact) mass is 264 g/mol. The molecule has 1 unspecified atom stereocenters. The van der Waals surface area contributed by atoms with Gasteiger partial charge in [0.15, 0.2) is 0 Å². The van der Waals surface area contributed by atoms with Gasteiger partial charge in [-0.2, -0.15) is 0 Å². The van der Waals surface area contributed by atoms with Gasteiger partial charge in [-0.05, 0) is 31.5 Å². The summed E-state index contributed by atoms with van der Waals surface area (Å²) in [7, 11) is 0. The number of carbonyl (C=O) groups excluding carboxylic acids is 1. The molecule has 1 aromatic carbocycles. The normalized spacial score (nSPS) is 19.4. The third-order valence-electron chi connectivity index (χ3n) is 3.04. The third kappa shape index (κ3) is 4.35. The molecule has 0 aliphatic carbocycles. The summed E-state index contributed by atoms with van der Waals surface area (Å²) >= 11 is 1.77. The lowest BCUT2D eigenvalue weighted by molar-refractivity contribution is -0.123. The third-order valence-corrected chi connectivity index (χ3v) is 4.05. The van der Waals surface area contributed by atoms with Gasteiger partial charge in [0.1, 0.15) is 0 Å². The van der Waals surface area contributed by atoms with Crippen molar-refractivity contribution in [3.8, 4) is 0 Å². The van der Waals surface area contributed by atoms with E-state index in [-0.39, 0.29) is 11.9 Å². The summed E-state index contributed by atoms with van der Waals surface area (Å²) in [5.41, 5.74) is 0. The first-order valence-corrected chi connectivity index (χ1v) is 7.54. The zero-order valence-corrected chi connectivity index (χ0v) is 11.3. The van der Waals surface area contributed by atoms with Crippen molar-refractivity contribution in [2.75, 3.05) is 18.8 Å². The van der Waals surface area contributed by atoms with Crippen molar-refractivity contribution in [1.82, 2.24) is 10.6 Å². The minimum atomic E-state index is 0.0282. The van der Waals surface area contributed by atoms with Crippen LogP contribution in [0.25, 0.3) is 0 Å². The molecule has 0 bridgehead atoms. The van der Waals surface area contributed by atoms with E-state index in [0.29, 0.717) is 0 Å².